The van der Waals surface area contributed by atoms with Gasteiger partial charge in [0.25, 0.3) is 0 Å². The second-order valence-electron chi connectivity index (χ2n) is 7.61. The first-order valence-electron chi connectivity index (χ1n) is 9.77. The first kappa shape index (κ1) is 19.0. The van der Waals surface area contributed by atoms with E-state index in [1.165, 1.54) is 0 Å². The van der Waals surface area contributed by atoms with Gasteiger partial charge in [-0.1, -0.05) is 19.9 Å². The molecule has 1 amide bonds. The van der Waals surface area contributed by atoms with Gasteiger partial charge in [-0.05, 0) is 48.7 Å². The fraction of sp³-hybridized carbons (Fsp3) is 0.318. The van der Waals surface area contributed by atoms with Crippen LogP contribution in [-0.2, 0) is 11.3 Å². The number of carbonyl (C=O) groups excluding carboxylic acids is 1. The minimum absolute atomic E-state index is 0.0587. The predicted molar refractivity (Wildman–Crippen MR) is 112 cm³/mol. The molecule has 150 valence electrons. The van der Waals surface area contributed by atoms with Crippen molar-refractivity contribution in [2.45, 2.75) is 32.9 Å². The van der Waals surface area contributed by atoms with Crippen molar-refractivity contribution in [2.24, 2.45) is 5.92 Å². The van der Waals surface area contributed by atoms with Gasteiger partial charge in [-0.3, -0.25) is 9.20 Å². The Morgan fingerprint density at radius 3 is 2.79 bits per heavy atom. The summed E-state index contributed by atoms with van der Waals surface area (Å²) in [5.41, 5.74) is 1.77. The molecule has 0 saturated heterocycles. The molecule has 0 spiro atoms. The van der Waals surface area contributed by atoms with Crippen molar-refractivity contribution in [2.75, 3.05) is 7.11 Å². The molecular weight excluding hydrogens is 366 g/mol. The lowest BCUT2D eigenvalue weighted by Crippen LogP contribution is -2.33. The summed E-state index contributed by atoms with van der Waals surface area (Å²) in [6.45, 7) is 4.51. The van der Waals surface area contributed by atoms with E-state index in [1.807, 2.05) is 63.8 Å². The van der Waals surface area contributed by atoms with Gasteiger partial charge in [-0.15, -0.1) is 10.2 Å². The number of nitrogens with one attached hydrogen (secondary N) is 1. The van der Waals surface area contributed by atoms with Gasteiger partial charge in [-0.25, -0.2) is 0 Å². The van der Waals surface area contributed by atoms with Crippen molar-refractivity contribution in [3.63, 3.8) is 0 Å². The monoisotopic (exact) mass is 391 g/mol. The maximum atomic E-state index is 12.9. The van der Waals surface area contributed by atoms with Crippen LogP contribution in [0.25, 0.3) is 16.6 Å². The van der Waals surface area contributed by atoms with Gasteiger partial charge in [0.2, 0.25) is 5.91 Å². The van der Waals surface area contributed by atoms with E-state index in [0.29, 0.717) is 5.92 Å². The van der Waals surface area contributed by atoms with E-state index < -0.39 is 0 Å². The summed E-state index contributed by atoms with van der Waals surface area (Å²) in [6, 6.07) is 13.4. The maximum Gasteiger partial charge on any atom is 0.240 e. The van der Waals surface area contributed by atoms with E-state index in [9.17, 15) is 4.79 Å². The van der Waals surface area contributed by atoms with Crippen LogP contribution >= 0.6 is 0 Å². The van der Waals surface area contributed by atoms with Gasteiger partial charge >= 0.3 is 0 Å². The molecule has 7 heteroatoms. The van der Waals surface area contributed by atoms with Crippen LogP contribution < -0.4 is 10.1 Å². The average Bonchev–Trinajstić information content (AvgIpc) is 3.31. The molecular formula is C22H25N5O2. The molecule has 29 heavy (non-hydrogen) atoms. The number of hydrogen-bond donors (Lipinski definition) is 1. The summed E-state index contributed by atoms with van der Waals surface area (Å²) in [4.78, 5) is 12.9. The van der Waals surface area contributed by atoms with Crippen LogP contribution in [0, 0.1) is 5.92 Å². The number of pyridine rings is 1. The molecule has 0 unspecified atom stereocenters. The highest BCUT2D eigenvalue weighted by Gasteiger charge is 2.22. The molecule has 1 N–H and O–H groups in total. The van der Waals surface area contributed by atoms with Gasteiger partial charge in [0.15, 0.2) is 11.5 Å². The molecule has 4 rings (SSSR count). The summed E-state index contributed by atoms with van der Waals surface area (Å²) < 4.78 is 9.15. The number of amides is 1. The molecule has 1 atom stereocenters. The quantitative estimate of drug-likeness (QED) is 0.522. The van der Waals surface area contributed by atoms with Crippen LogP contribution in [0.5, 0.6) is 5.75 Å². The Morgan fingerprint density at radius 2 is 2.00 bits per heavy atom. The largest absolute Gasteiger partial charge is 0.497 e. The predicted octanol–water partition coefficient (Wildman–Crippen LogP) is 3.60. The second-order valence-corrected chi connectivity index (χ2v) is 7.61. The number of aromatic nitrogens is 4. The number of rotatable bonds is 7. The summed E-state index contributed by atoms with van der Waals surface area (Å²) in [6.07, 6.45) is 4.63. The molecule has 0 saturated carbocycles. The number of carbonyl (C=O) groups is 1. The highest BCUT2D eigenvalue weighted by molar-refractivity contribution is 5.84. The molecule has 7 nitrogen and oxygen atoms in total. The van der Waals surface area contributed by atoms with Gasteiger partial charge < -0.3 is 14.6 Å². The second kappa shape index (κ2) is 7.95. The average molecular weight is 391 g/mol. The topological polar surface area (TPSA) is 73.4 Å². The van der Waals surface area contributed by atoms with Crippen molar-refractivity contribution in [1.82, 2.24) is 24.5 Å². The first-order chi connectivity index (χ1) is 14.0. The van der Waals surface area contributed by atoms with Crippen LogP contribution in [0.3, 0.4) is 0 Å². The van der Waals surface area contributed by atoms with E-state index in [-0.39, 0.29) is 18.5 Å². The smallest absolute Gasteiger partial charge is 0.240 e. The summed E-state index contributed by atoms with van der Waals surface area (Å²) in [7, 11) is 1.65. The molecule has 0 aliphatic heterocycles. The van der Waals surface area contributed by atoms with E-state index in [2.05, 4.69) is 29.4 Å². The van der Waals surface area contributed by atoms with E-state index in [4.69, 9.17) is 4.74 Å². The van der Waals surface area contributed by atoms with Crippen LogP contribution in [0.4, 0.5) is 0 Å². The zero-order chi connectivity index (χ0) is 20.4. The fourth-order valence-corrected chi connectivity index (χ4v) is 3.64. The lowest BCUT2D eigenvalue weighted by Gasteiger charge is -2.19. The summed E-state index contributed by atoms with van der Waals surface area (Å²) >= 11 is 0. The highest BCUT2D eigenvalue weighted by Crippen LogP contribution is 2.23. The molecule has 1 aromatic carbocycles. The number of ether oxygens (including phenoxy) is 1. The minimum atomic E-state index is -0.207. The van der Waals surface area contributed by atoms with Crippen molar-refractivity contribution in [3.05, 3.63) is 60.7 Å². The molecule has 0 aliphatic carbocycles. The standard InChI is InChI=1S/C22H25N5O2/c1-15(2)12-18(22-25-24-20-6-4-5-10-27(20)22)23-21(28)14-26-11-9-16-13-17(29-3)7-8-19(16)26/h4-11,13,15,18H,12,14H2,1-3H3,(H,23,28)/t18-/m0/s1. The van der Waals surface area contributed by atoms with E-state index >= 15 is 0 Å². The number of nitrogens with zero attached hydrogens (tertiary/aromatic N) is 4. The van der Waals surface area contributed by atoms with E-state index in [1.54, 1.807) is 7.11 Å². The van der Waals surface area contributed by atoms with Gasteiger partial charge in [0, 0.05) is 23.3 Å². The Labute approximate surface area is 169 Å². The van der Waals surface area contributed by atoms with Gasteiger partial charge in [-0.2, -0.15) is 0 Å². The first-order valence-corrected chi connectivity index (χ1v) is 9.77. The minimum Gasteiger partial charge on any atom is -0.497 e. The highest BCUT2D eigenvalue weighted by atomic mass is 16.5. The molecule has 4 aromatic rings. The van der Waals surface area contributed by atoms with Crippen molar-refractivity contribution in [3.8, 4) is 5.75 Å². The molecule has 0 fully saturated rings. The number of hydrogen-bond acceptors (Lipinski definition) is 4. The zero-order valence-electron chi connectivity index (χ0n) is 16.9. The Hall–Kier alpha value is -3.35. The van der Waals surface area contributed by atoms with Gasteiger partial charge in [0.05, 0.1) is 13.2 Å². The third-order valence-electron chi connectivity index (χ3n) is 4.99. The lowest BCUT2D eigenvalue weighted by molar-refractivity contribution is -0.122. The van der Waals surface area contributed by atoms with Crippen molar-refractivity contribution >= 4 is 22.5 Å². The Balaban J connectivity index is 1.56. The van der Waals surface area contributed by atoms with Crippen LogP contribution in [-0.4, -0.2) is 32.2 Å². The molecule has 0 bridgehead atoms. The van der Waals surface area contributed by atoms with E-state index in [0.717, 1.165) is 34.5 Å². The van der Waals surface area contributed by atoms with Crippen LogP contribution in [0.1, 0.15) is 32.1 Å². The maximum absolute atomic E-state index is 12.9. The SMILES string of the molecule is COc1ccc2c(ccn2CC(=O)N[C@@H](CC(C)C)c2nnc3ccccn23)c1. The molecule has 3 aromatic heterocycles. The Morgan fingerprint density at radius 1 is 1.14 bits per heavy atom. The van der Waals surface area contributed by atoms with Crippen LogP contribution in [0.2, 0.25) is 0 Å². The lowest BCUT2D eigenvalue weighted by atomic mass is 10.0. The van der Waals surface area contributed by atoms with Gasteiger partial charge in [0.1, 0.15) is 12.3 Å². The number of fused-ring (bicyclic) bond motifs is 2. The van der Waals surface area contributed by atoms with Crippen molar-refractivity contribution < 1.29 is 9.53 Å². The molecule has 0 aliphatic rings. The summed E-state index contributed by atoms with van der Waals surface area (Å²) in [5.74, 6) is 1.90. The normalized spacial score (nSPS) is 12.6. The number of methoxy groups -OCH3 is 1. The Kier molecular flexibility index (Phi) is 5.20. The van der Waals surface area contributed by atoms with Crippen molar-refractivity contribution in [1.29, 1.82) is 0 Å². The third kappa shape index (κ3) is 3.94. The van der Waals surface area contributed by atoms with Crippen LogP contribution in [0.15, 0.2) is 54.9 Å². The molecule has 3 heterocycles. The summed E-state index contributed by atoms with van der Waals surface area (Å²) in [5, 5.41) is 12.8. The third-order valence-corrected chi connectivity index (χ3v) is 4.99. The molecule has 0 radical (unpaired) electrons. The fourth-order valence-electron chi connectivity index (χ4n) is 3.64. The zero-order valence-corrected chi connectivity index (χ0v) is 16.9. The number of benzene rings is 1. The Bertz CT molecular complexity index is 1140.